The summed E-state index contributed by atoms with van der Waals surface area (Å²) < 4.78 is 5.56. The van der Waals surface area contributed by atoms with Crippen LogP contribution in [-0.2, 0) is 4.79 Å². The first-order chi connectivity index (χ1) is 12.7. The van der Waals surface area contributed by atoms with E-state index in [1.165, 1.54) is 19.3 Å². The standard InChI is InChI=1S/C21H30N2O3/c1-2-16-26-19-10-8-18(9-11-19)21(25)23-14-12-22(13-15-23)20(24)17-6-4-3-5-7-17/h8-11,17H,2-7,12-16H2,1H3. The summed E-state index contributed by atoms with van der Waals surface area (Å²) in [6.45, 7) is 5.29. The molecule has 1 aromatic carbocycles. The van der Waals surface area contributed by atoms with Crippen LogP contribution in [0, 0.1) is 5.92 Å². The van der Waals surface area contributed by atoms with Crippen LogP contribution in [0.25, 0.3) is 0 Å². The van der Waals surface area contributed by atoms with Crippen molar-refractivity contribution in [2.45, 2.75) is 45.4 Å². The summed E-state index contributed by atoms with van der Waals surface area (Å²) in [6.07, 6.45) is 6.63. The Hall–Kier alpha value is -2.04. The minimum Gasteiger partial charge on any atom is -0.494 e. The summed E-state index contributed by atoms with van der Waals surface area (Å²) in [5.74, 6) is 1.35. The SMILES string of the molecule is CCCOc1ccc(C(=O)N2CCN(C(=O)C3CCCCC3)CC2)cc1. The molecule has 0 unspecified atom stereocenters. The van der Waals surface area contributed by atoms with Gasteiger partial charge in [-0.15, -0.1) is 0 Å². The van der Waals surface area contributed by atoms with Crippen molar-refractivity contribution in [2.75, 3.05) is 32.8 Å². The summed E-state index contributed by atoms with van der Waals surface area (Å²) in [5.41, 5.74) is 0.681. The Bertz CT molecular complexity index is 600. The van der Waals surface area contributed by atoms with Crippen LogP contribution in [0.3, 0.4) is 0 Å². The minimum absolute atomic E-state index is 0.0387. The van der Waals surface area contributed by atoms with Gasteiger partial charge in [0.1, 0.15) is 5.75 Å². The van der Waals surface area contributed by atoms with Crippen molar-refractivity contribution in [1.29, 1.82) is 0 Å². The lowest BCUT2D eigenvalue weighted by Gasteiger charge is -2.37. The maximum Gasteiger partial charge on any atom is 0.253 e. The fourth-order valence-corrected chi connectivity index (χ4v) is 3.83. The Labute approximate surface area is 156 Å². The zero-order valence-corrected chi connectivity index (χ0v) is 15.8. The fraction of sp³-hybridized carbons (Fsp3) is 0.619. The van der Waals surface area contributed by atoms with Gasteiger partial charge in [0.25, 0.3) is 5.91 Å². The highest BCUT2D eigenvalue weighted by atomic mass is 16.5. The molecule has 2 fully saturated rings. The van der Waals surface area contributed by atoms with Gasteiger partial charge >= 0.3 is 0 Å². The van der Waals surface area contributed by atoms with Crippen molar-refractivity contribution < 1.29 is 14.3 Å². The van der Waals surface area contributed by atoms with Crippen molar-refractivity contribution in [3.05, 3.63) is 29.8 Å². The van der Waals surface area contributed by atoms with Crippen molar-refractivity contribution in [3.8, 4) is 5.75 Å². The van der Waals surface area contributed by atoms with Gasteiger partial charge < -0.3 is 14.5 Å². The molecule has 2 amide bonds. The first-order valence-electron chi connectivity index (χ1n) is 10.00. The van der Waals surface area contributed by atoms with Crippen LogP contribution in [0.1, 0.15) is 55.8 Å². The zero-order chi connectivity index (χ0) is 18.4. The molecule has 1 aromatic rings. The van der Waals surface area contributed by atoms with Gasteiger partial charge in [0.05, 0.1) is 6.61 Å². The van der Waals surface area contributed by atoms with Crippen LogP contribution in [0.4, 0.5) is 0 Å². The van der Waals surface area contributed by atoms with Gasteiger partial charge in [-0.1, -0.05) is 26.2 Å². The summed E-state index contributed by atoms with van der Waals surface area (Å²) >= 11 is 0. The summed E-state index contributed by atoms with van der Waals surface area (Å²) in [4.78, 5) is 29.1. The second-order valence-electron chi connectivity index (χ2n) is 7.33. The molecule has 26 heavy (non-hydrogen) atoms. The molecule has 1 aliphatic carbocycles. The number of rotatable bonds is 5. The highest BCUT2D eigenvalue weighted by molar-refractivity contribution is 5.94. The molecule has 5 heteroatoms. The molecule has 0 bridgehead atoms. The Balaban J connectivity index is 1.50. The number of carbonyl (C=O) groups is 2. The molecule has 0 radical (unpaired) electrons. The van der Waals surface area contributed by atoms with E-state index < -0.39 is 0 Å². The average molecular weight is 358 g/mol. The number of hydrogen-bond acceptors (Lipinski definition) is 3. The second kappa shape index (κ2) is 9.06. The van der Waals surface area contributed by atoms with Crippen LogP contribution in [0.15, 0.2) is 24.3 Å². The number of ether oxygens (including phenoxy) is 1. The Morgan fingerprint density at radius 3 is 2.19 bits per heavy atom. The van der Waals surface area contributed by atoms with E-state index in [1.807, 2.05) is 34.1 Å². The maximum atomic E-state index is 12.7. The molecule has 2 aliphatic rings. The van der Waals surface area contributed by atoms with Crippen LogP contribution in [-0.4, -0.2) is 54.4 Å². The molecule has 1 heterocycles. The van der Waals surface area contributed by atoms with Crippen molar-refractivity contribution in [3.63, 3.8) is 0 Å². The molecular weight excluding hydrogens is 328 g/mol. The number of hydrogen-bond donors (Lipinski definition) is 0. The van der Waals surface area contributed by atoms with Gasteiger partial charge in [-0.25, -0.2) is 0 Å². The summed E-state index contributed by atoms with van der Waals surface area (Å²) in [7, 11) is 0. The molecule has 0 aromatic heterocycles. The van der Waals surface area contributed by atoms with Crippen molar-refractivity contribution in [2.24, 2.45) is 5.92 Å². The van der Waals surface area contributed by atoms with E-state index in [2.05, 4.69) is 6.92 Å². The van der Waals surface area contributed by atoms with E-state index >= 15 is 0 Å². The van der Waals surface area contributed by atoms with Gasteiger partial charge in [-0.05, 0) is 43.5 Å². The molecule has 1 saturated carbocycles. The van der Waals surface area contributed by atoms with Crippen molar-refractivity contribution in [1.82, 2.24) is 9.80 Å². The van der Waals surface area contributed by atoms with E-state index in [-0.39, 0.29) is 11.8 Å². The largest absolute Gasteiger partial charge is 0.494 e. The van der Waals surface area contributed by atoms with E-state index in [1.54, 1.807) is 0 Å². The lowest BCUT2D eigenvalue weighted by molar-refractivity contribution is -0.138. The number of amides is 2. The van der Waals surface area contributed by atoms with Gasteiger partial charge in [0.2, 0.25) is 5.91 Å². The quantitative estimate of drug-likeness (QED) is 0.811. The first kappa shape index (κ1) is 18.7. The molecule has 0 atom stereocenters. The molecule has 1 aliphatic heterocycles. The van der Waals surface area contributed by atoms with Crippen molar-refractivity contribution >= 4 is 11.8 Å². The smallest absolute Gasteiger partial charge is 0.253 e. The lowest BCUT2D eigenvalue weighted by Crippen LogP contribution is -2.52. The normalized spacial score (nSPS) is 18.7. The number of nitrogens with zero attached hydrogens (tertiary/aromatic N) is 2. The molecule has 1 saturated heterocycles. The molecule has 142 valence electrons. The highest BCUT2D eigenvalue weighted by Gasteiger charge is 2.29. The summed E-state index contributed by atoms with van der Waals surface area (Å²) in [6, 6.07) is 7.36. The predicted octanol–water partition coefficient (Wildman–Crippen LogP) is 3.34. The third kappa shape index (κ3) is 4.57. The summed E-state index contributed by atoms with van der Waals surface area (Å²) in [5, 5.41) is 0. The van der Waals surface area contributed by atoms with Crippen LogP contribution in [0.2, 0.25) is 0 Å². The monoisotopic (exact) mass is 358 g/mol. The Kier molecular flexibility index (Phi) is 6.53. The van der Waals surface area contributed by atoms with Crippen LogP contribution >= 0.6 is 0 Å². The molecule has 0 N–H and O–H groups in total. The second-order valence-corrected chi connectivity index (χ2v) is 7.33. The average Bonchev–Trinajstić information content (AvgIpc) is 2.72. The van der Waals surface area contributed by atoms with Gasteiger partial charge in [0, 0.05) is 37.7 Å². The third-order valence-electron chi connectivity index (χ3n) is 5.41. The van der Waals surface area contributed by atoms with E-state index in [0.717, 1.165) is 25.0 Å². The number of benzene rings is 1. The minimum atomic E-state index is 0.0387. The zero-order valence-electron chi connectivity index (χ0n) is 15.8. The number of piperazine rings is 1. The van der Waals surface area contributed by atoms with Gasteiger partial charge in [0.15, 0.2) is 0 Å². The third-order valence-corrected chi connectivity index (χ3v) is 5.41. The molecule has 5 nitrogen and oxygen atoms in total. The maximum absolute atomic E-state index is 12.7. The number of carbonyl (C=O) groups excluding carboxylic acids is 2. The van der Waals surface area contributed by atoms with Crippen LogP contribution < -0.4 is 4.74 Å². The molecule has 3 rings (SSSR count). The topological polar surface area (TPSA) is 49.9 Å². The highest BCUT2D eigenvalue weighted by Crippen LogP contribution is 2.26. The van der Waals surface area contributed by atoms with Crippen LogP contribution in [0.5, 0.6) is 5.75 Å². The van der Waals surface area contributed by atoms with E-state index in [9.17, 15) is 9.59 Å². The fourth-order valence-electron chi connectivity index (χ4n) is 3.83. The van der Waals surface area contributed by atoms with E-state index in [0.29, 0.717) is 44.3 Å². The Morgan fingerprint density at radius 1 is 0.962 bits per heavy atom. The molecule has 0 spiro atoms. The van der Waals surface area contributed by atoms with E-state index in [4.69, 9.17) is 4.74 Å². The van der Waals surface area contributed by atoms with Gasteiger partial charge in [-0.3, -0.25) is 9.59 Å². The molecular formula is C21H30N2O3. The predicted molar refractivity (Wildman–Crippen MR) is 101 cm³/mol. The first-order valence-corrected chi connectivity index (χ1v) is 10.00. The Morgan fingerprint density at radius 2 is 1.58 bits per heavy atom. The van der Waals surface area contributed by atoms with Gasteiger partial charge in [-0.2, -0.15) is 0 Å². The lowest BCUT2D eigenvalue weighted by atomic mass is 9.88.